The van der Waals surface area contributed by atoms with Crippen LogP contribution in [-0.2, 0) is 20.7 Å². The number of unbranched alkanes of at least 4 members (excludes halogenated alkanes) is 1. The van der Waals surface area contributed by atoms with Crippen molar-refractivity contribution in [2.24, 2.45) is 0 Å². The van der Waals surface area contributed by atoms with E-state index in [4.69, 9.17) is 4.74 Å². The maximum Gasteiger partial charge on any atom is 0.408 e. The minimum Gasteiger partial charge on any atom is -0.508 e. The maximum atomic E-state index is 14.1. The highest BCUT2D eigenvalue weighted by Crippen LogP contribution is 2.26. The van der Waals surface area contributed by atoms with Crippen LogP contribution in [0.4, 0.5) is 4.79 Å². The molecule has 2 rings (SSSR count). The minimum absolute atomic E-state index is 0.0229. The Labute approximate surface area is 225 Å². The molecule has 3 amide bonds. The van der Waals surface area contributed by atoms with Gasteiger partial charge in [-0.15, -0.1) is 0 Å². The summed E-state index contributed by atoms with van der Waals surface area (Å²) in [6.07, 6.45) is 1.59. The lowest BCUT2D eigenvalue weighted by atomic mass is 9.99. The number of benzene rings is 2. The van der Waals surface area contributed by atoms with Gasteiger partial charge in [0.2, 0.25) is 11.8 Å². The van der Waals surface area contributed by atoms with Crippen LogP contribution in [0, 0.1) is 0 Å². The zero-order valence-corrected chi connectivity index (χ0v) is 23.0. The Kier molecular flexibility index (Phi) is 11.4. The third kappa shape index (κ3) is 9.61. The van der Waals surface area contributed by atoms with Crippen LogP contribution in [0.25, 0.3) is 0 Å². The monoisotopic (exact) mass is 527 g/mol. The minimum atomic E-state index is -1.05. The van der Waals surface area contributed by atoms with Gasteiger partial charge < -0.3 is 30.5 Å². The first-order chi connectivity index (χ1) is 17.9. The summed E-state index contributed by atoms with van der Waals surface area (Å²) in [6.45, 7) is 9.78. The van der Waals surface area contributed by atoms with Gasteiger partial charge in [-0.3, -0.25) is 9.59 Å². The number of carbonyl (C=O) groups is 3. The molecule has 0 aliphatic carbocycles. The number of amides is 3. The van der Waals surface area contributed by atoms with Crippen molar-refractivity contribution in [1.82, 2.24) is 15.5 Å². The van der Waals surface area contributed by atoms with Gasteiger partial charge in [-0.1, -0.05) is 44.5 Å². The Hall–Kier alpha value is -3.75. The second-order valence-corrected chi connectivity index (χ2v) is 10.2. The van der Waals surface area contributed by atoms with Crippen LogP contribution in [0.15, 0.2) is 48.5 Å². The SMILES string of the molecule is CCCCNC(=O)C(c1cccc(O)c1)N(CCC)C(=O)C(Cc1ccc(O)cc1)NC(=O)OC(C)(C)C. The summed E-state index contributed by atoms with van der Waals surface area (Å²) in [6, 6.07) is 10.6. The molecule has 0 aliphatic rings. The van der Waals surface area contributed by atoms with Gasteiger partial charge in [-0.05, 0) is 69.0 Å². The summed E-state index contributed by atoms with van der Waals surface area (Å²) < 4.78 is 5.42. The number of phenolic OH excluding ortho intramolecular Hbond substituents is 2. The van der Waals surface area contributed by atoms with Crippen molar-refractivity contribution in [2.75, 3.05) is 13.1 Å². The molecule has 2 aromatic carbocycles. The van der Waals surface area contributed by atoms with E-state index in [1.807, 2.05) is 13.8 Å². The highest BCUT2D eigenvalue weighted by Gasteiger charge is 2.36. The summed E-state index contributed by atoms with van der Waals surface area (Å²) in [7, 11) is 0. The zero-order valence-electron chi connectivity index (χ0n) is 23.0. The van der Waals surface area contributed by atoms with E-state index in [0.29, 0.717) is 24.1 Å². The van der Waals surface area contributed by atoms with Crippen molar-refractivity contribution in [1.29, 1.82) is 0 Å². The normalized spacial score (nSPS) is 12.8. The summed E-state index contributed by atoms with van der Waals surface area (Å²) >= 11 is 0. The van der Waals surface area contributed by atoms with Crippen molar-refractivity contribution in [3.05, 3.63) is 59.7 Å². The highest BCUT2D eigenvalue weighted by molar-refractivity contribution is 5.92. The first kappa shape index (κ1) is 30.5. The first-order valence-corrected chi connectivity index (χ1v) is 13.1. The predicted molar refractivity (Wildman–Crippen MR) is 146 cm³/mol. The van der Waals surface area contributed by atoms with Crippen molar-refractivity contribution >= 4 is 17.9 Å². The first-order valence-electron chi connectivity index (χ1n) is 13.1. The Morgan fingerprint density at radius 1 is 0.974 bits per heavy atom. The van der Waals surface area contributed by atoms with Gasteiger partial charge in [0.25, 0.3) is 0 Å². The Morgan fingerprint density at radius 3 is 2.24 bits per heavy atom. The maximum absolute atomic E-state index is 14.1. The van der Waals surface area contributed by atoms with E-state index in [-0.39, 0.29) is 30.4 Å². The van der Waals surface area contributed by atoms with Crippen LogP contribution in [0.2, 0.25) is 0 Å². The largest absolute Gasteiger partial charge is 0.508 e. The molecule has 0 aromatic heterocycles. The number of ether oxygens (including phenoxy) is 1. The van der Waals surface area contributed by atoms with E-state index in [1.165, 1.54) is 29.2 Å². The molecule has 2 unspecified atom stereocenters. The molecule has 0 aliphatic heterocycles. The van der Waals surface area contributed by atoms with Gasteiger partial charge in [0.1, 0.15) is 29.2 Å². The number of nitrogens with zero attached hydrogens (tertiary/aromatic N) is 1. The second-order valence-electron chi connectivity index (χ2n) is 10.2. The lowest BCUT2D eigenvalue weighted by Crippen LogP contribution is -2.54. The van der Waals surface area contributed by atoms with Crippen molar-refractivity contribution < 1.29 is 29.3 Å². The van der Waals surface area contributed by atoms with E-state index in [0.717, 1.165) is 12.8 Å². The molecule has 208 valence electrons. The van der Waals surface area contributed by atoms with Gasteiger partial charge >= 0.3 is 6.09 Å². The molecular weight excluding hydrogens is 486 g/mol. The molecule has 9 nitrogen and oxygen atoms in total. The summed E-state index contributed by atoms with van der Waals surface area (Å²) in [5, 5.41) is 25.4. The van der Waals surface area contributed by atoms with E-state index < -0.39 is 29.7 Å². The molecule has 0 radical (unpaired) electrons. The molecule has 0 bridgehead atoms. The third-order valence-electron chi connectivity index (χ3n) is 5.69. The molecule has 9 heteroatoms. The standard InChI is InChI=1S/C29H41N3O6/c1-6-8-16-30-26(35)25(21-10-9-11-23(34)19-21)32(17-7-2)27(36)24(31-28(37)38-29(3,4)5)18-20-12-14-22(33)15-13-20/h9-15,19,24-25,33-34H,6-8,16-18H2,1-5H3,(H,30,35)(H,31,37). The number of nitrogens with one attached hydrogen (secondary N) is 2. The number of alkyl carbamates (subject to hydrolysis) is 1. The summed E-state index contributed by atoms with van der Waals surface area (Å²) in [4.78, 5) is 41.7. The van der Waals surface area contributed by atoms with E-state index in [1.54, 1.807) is 45.0 Å². The number of rotatable bonds is 12. The van der Waals surface area contributed by atoms with Crippen molar-refractivity contribution in [3.8, 4) is 11.5 Å². The van der Waals surface area contributed by atoms with Crippen LogP contribution in [0.5, 0.6) is 11.5 Å². The van der Waals surface area contributed by atoms with Crippen molar-refractivity contribution in [3.63, 3.8) is 0 Å². The lowest BCUT2D eigenvalue weighted by Gasteiger charge is -2.34. The van der Waals surface area contributed by atoms with Gasteiger partial charge in [-0.2, -0.15) is 0 Å². The molecule has 2 atom stereocenters. The number of aromatic hydroxyl groups is 2. The van der Waals surface area contributed by atoms with Crippen molar-refractivity contribution in [2.45, 2.75) is 78.0 Å². The van der Waals surface area contributed by atoms with E-state index in [2.05, 4.69) is 10.6 Å². The number of hydrogen-bond acceptors (Lipinski definition) is 6. The van der Waals surface area contributed by atoms with E-state index >= 15 is 0 Å². The average molecular weight is 528 g/mol. The summed E-state index contributed by atoms with van der Waals surface area (Å²) in [5.41, 5.74) is 0.388. The third-order valence-corrected chi connectivity index (χ3v) is 5.69. The average Bonchev–Trinajstić information content (AvgIpc) is 2.83. The van der Waals surface area contributed by atoms with E-state index in [9.17, 15) is 24.6 Å². The molecule has 2 aromatic rings. The highest BCUT2D eigenvalue weighted by atomic mass is 16.6. The number of phenols is 2. The predicted octanol–water partition coefficient (Wildman–Crippen LogP) is 4.43. The van der Waals surface area contributed by atoms with Crippen LogP contribution >= 0.6 is 0 Å². The quantitative estimate of drug-likeness (QED) is 0.302. The number of carbonyl (C=O) groups excluding carboxylic acids is 3. The van der Waals surface area contributed by atoms with Gasteiger partial charge in [0.15, 0.2) is 0 Å². The van der Waals surface area contributed by atoms with Crippen LogP contribution < -0.4 is 10.6 Å². The Morgan fingerprint density at radius 2 is 1.66 bits per heavy atom. The molecule has 0 saturated carbocycles. The fourth-order valence-electron chi connectivity index (χ4n) is 3.98. The fraction of sp³-hybridized carbons (Fsp3) is 0.483. The van der Waals surface area contributed by atoms with Gasteiger partial charge in [0.05, 0.1) is 0 Å². The van der Waals surface area contributed by atoms with Crippen LogP contribution in [0.3, 0.4) is 0 Å². The molecule has 0 saturated heterocycles. The summed E-state index contributed by atoms with van der Waals surface area (Å²) in [5.74, 6) is -0.779. The fourth-order valence-corrected chi connectivity index (χ4v) is 3.98. The van der Waals surface area contributed by atoms with Gasteiger partial charge in [-0.25, -0.2) is 4.79 Å². The lowest BCUT2D eigenvalue weighted by molar-refractivity contribution is -0.142. The molecule has 0 heterocycles. The van der Waals surface area contributed by atoms with Crippen LogP contribution in [0.1, 0.15) is 71.0 Å². The molecular formula is C29H41N3O6. The smallest absolute Gasteiger partial charge is 0.408 e. The Bertz CT molecular complexity index is 1060. The molecule has 4 N–H and O–H groups in total. The molecule has 0 spiro atoms. The molecule has 0 fully saturated rings. The van der Waals surface area contributed by atoms with Crippen LogP contribution in [-0.4, -0.2) is 57.8 Å². The number of hydrogen-bond donors (Lipinski definition) is 4. The second kappa shape index (κ2) is 14.3. The van der Waals surface area contributed by atoms with Gasteiger partial charge in [0, 0.05) is 19.5 Å². The topological polar surface area (TPSA) is 128 Å². The Balaban J connectivity index is 2.49. The zero-order chi connectivity index (χ0) is 28.3. The molecule has 38 heavy (non-hydrogen) atoms.